The van der Waals surface area contributed by atoms with Crippen LogP contribution < -0.4 is 5.32 Å². The fourth-order valence-corrected chi connectivity index (χ4v) is 2.28. The third kappa shape index (κ3) is 1.78. The first kappa shape index (κ1) is 9.96. The van der Waals surface area contributed by atoms with Crippen LogP contribution in [-0.4, -0.2) is 31.5 Å². The van der Waals surface area contributed by atoms with E-state index in [2.05, 4.69) is 23.7 Å². The second-order valence-electron chi connectivity index (χ2n) is 3.94. The lowest BCUT2D eigenvalue weighted by atomic mass is 9.87. The van der Waals surface area contributed by atoms with Gasteiger partial charge in [-0.1, -0.05) is 0 Å². The van der Waals surface area contributed by atoms with Crippen molar-refractivity contribution in [2.75, 3.05) is 31.7 Å². The molecule has 2 heterocycles. The number of ether oxygens (including phenoxy) is 1. The molecule has 1 aliphatic heterocycles. The van der Waals surface area contributed by atoms with E-state index in [1.807, 2.05) is 0 Å². The van der Waals surface area contributed by atoms with E-state index in [4.69, 9.17) is 4.74 Å². The number of anilines is 1. The molecule has 1 aromatic rings. The molecular weight excluding hydrogens is 198 g/mol. The molecule has 2 rings (SSSR count). The summed E-state index contributed by atoms with van der Waals surface area (Å²) in [6, 6.07) is 2.09. The summed E-state index contributed by atoms with van der Waals surface area (Å²) >= 11 is 1.70. The van der Waals surface area contributed by atoms with Crippen LogP contribution in [0.3, 0.4) is 0 Å². The van der Waals surface area contributed by atoms with E-state index in [1.165, 1.54) is 10.6 Å². The highest BCUT2D eigenvalue weighted by Gasteiger charge is 2.37. The Bertz CT molecular complexity index is 301. The van der Waals surface area contributed by atoms with Gasteiger partial charge in [-0.15, -0.1) is 11.3 Å². The van der Waals surface area contributed by atoms with Crippen molar-refractivity contribution in [3.8, 4) is 0 Å². The standard InChI is InChI=1S/C10H15NO2S/c1-8-2-3-14-9(8)11-4-10(5-12)6-13-7-10/h2-3,11-12H,4-7H2,1H3. The highest BCUT2D eigenvalue weighted by molar-refractivity contribution is 7.14. The number of hydrogen-bond donors (Lipinski definition) is 2. The largest absolute Gasteiger partial charge is 0.396 e. The lowest BCUT2D eigenvalue weighted by Crippen LogP contribution is -2.50. The Balaban J connectivity index is 1.90. The Hall–Kier alpha value is -0.580. The lowest BCUT2D eigenvalue weighted by molar-refractivity contribution is -0.128. The molecule has 0 saturated carbocycles. The van der Waals surface area contributed by atoms with Gasteiger partial charge in [0.25, 0.3) is 0 Å². The summed E-state index contributed by atoms with van der Waals surface area (Å²) in [4.78, 5) is 0. The minimum absolute atomic E-state index is 0.0452. The molecule has 0 bridgehead atoms. The minimum atomic E-state index is -0.0452. The average Bonchev–Trinajstić information content (AvgIpc) is 2.51. The Morgan fingerprint density at radius 2 is 2.43 bits per heavy atom. The van der Waals surface area contributed by atoms with E-state index in [9.17, 15) is 5.11 Å². The van der Waals surface area contributed by atoms with E-state index in [0.717, 1.165) is 6.54 Å². The first-order chi connectivity index (χ1) is 6.76. The molecule has 1 aliphatic rings. The fraction of sp³-hybridized carbons (Fsp3) is 0.600. The average molecular weight is 213 g/mol. The molecule has 1 saturated heterocycles. The maximum absolute atomic E-state index is 9.22. The van der Waals surface area contributed by atoms with Gasteiger partial charge in [0.15, 0.2) is 0 Å². The van der Waals surface area contributed by atoms with Gasteiger partial charge in [0, 0.05) is 6.54 Å². The maximum atomic E-state index is 9.22. The van der Waals surface area contributed by atoms with Crippen LogP contribution in [0.1, 0.15) is 5.56 Å². The summed E-state index contributed by atoms with van der Waals surface area (Å²) in [6.07, 6.45) is 0. The summed E-state index contributed by atoms with van der Waals surface area (Å²) in [6.45, 7) is 4.42. The molecule has 0 atom stereocenters. The molecule has 78 valence electrons. The van der Waals surface area contributed by atoms with E-state index < -0.39 is 0 Å². The second-order valence-corrected chi connectivity index (χ2v) is 4.85. The van der Waals surface area contributed by atoms with Crippen molar-refractivity contribution in [2.45, 2.75) is 6.92 Å². The van der Waals surface area contributed by atoms with Gasteiger partial charge >= 0.3 is 0 Å². The number of aliphatic hydroxyl groups excluding tert-OH is 1. The summed E-state index contributed by atoms with van der Waals surface area (Å²) in [5, 5.41) is 15.9. The fourth-order valence-electron chi connectivity index (χ4n) is 1.46. The zero-order valence-electron chi connectivity index (χ0n) is 8.25. The summed E-state index contributed by atoms with van der Waals surface area (Å²) < 4.78 is 5.13. The molecule has 2 N–H and O–H groups in total. The van der Waals surface area contributed by atoms with Crippen LogP contribution in [0.2, 0.25) is 0 Å². The smallest absolute Gasteiger partial charge is 0.0912 e. The highest BCUT2D eigenvalue weighted by Crippen LogP contribution is 2.29. The first-order valence-electron chi connectivity index (χ1n) is 4.72. The van der Waals surface area contributed by atoms with Crippen molar-refractivity contribution in [1.82, 2.24) is 0 Å². The number of hydrogen-bond acceptors (Lipinski definition) is 4. The molecule has 0 aromatic carbocycles. The van der Waals surface area contributed by atoms with Crippen molar-refractivity contribution in [2.24, 2.45) is 5.41 Å². The summed E-state index contributed by atoms with van der Waals surface area (Å²) in [7, 11) is 0. The zero-order chi connectivity index (χ0) is 10.0. The molecule has 0 radical (unpaired) electrons. The molecule has 1 fully saturated rings. The van der Waals surface area contributed by atoms with Crippen LogP contribution in [0, 0.1) is 12.3 Å². The van der Waals surface area contributed by atoms with Gasteiger partial charge in [0.2, 0.25) is 0 Å². The van der Waals surface area contributed by atoms with Crippen LogP contribution in [0.4, 0.5) is 5.00 Å². The van der Waals surface area contributed by atoms with E-state index in [0.29, 0.717) is 13.2 Å². The molecule has 4 heteroatoms. The Labute approximate surface area is 87.7 Å². The van der Waals surface area contributed by atoms with Crippen molar-refractivity contribution in [3.05, 3.63) is 17.0 Å². The van der Waals surface area contributed by atoms with Gasteiger partial charge in [-0.05, 0) is 23.9 Å². The van der Waals surface area contributed by atoms with E-state index in [-0.39, 0.29) is 12.0 Å². The third-order valence-corrected chi connectivity index (χ3v) is 3.61. The van der Waals surface area contributed by atoms with Crippen LogP contribution in [0.5, 0.6) is 0 Å². The molecule has 1 aromatic heterocycles. The monoisotopic (exact) mass is 213 g/mol. The van der Waals surface area contributed by atoms with E-state index >= 15 is 0 Å². The Kier molecular flexibility index (Phi) is 2.76. The quantitative estimate of drug-likeness (QED) is 0.796. The van der Waals surface area contributed by atoms with Crippen LogP contribution >= 0.6 is 11.3 Å². The third-order valence-electron chi connectivity index (χ3n) is 2.64. The van der Waals surface area contributed by atoms with Crippen molar-refractivity contribution in [3.63, 3.8) is 0 Å². The second kappa shape index (κ2) is 3.88. The summed E-state index contributed by atoms with van der Waals surface area (Å²) in [5.41, 5.74) is 1.22. The molecule has 0 amide bonds. The van der Waals surface area contributed by atoms with Crippen molar-refractivity contribution >= 4 is 16.3 Å². The number of aliphatic hydroxyl groups is 1. The maximum Gasteiger partial charge on any atom is 0.0912 e. The minimum Gasteiger partial charge on any atom is -0.396 e. The molecule has 0 unspecified atom stereocenters. The van der Waals surface area contributed by atoms with Gasteiger partial charge in [-0.25, -0.2) is 0 Å². The van der Waals surface area contributed by atoms with E-state index in [1.54, 1.807) is 11.3 Å². The number of thiophene rings is 1. The number of nitrogens with one attached hydrogen (secondary N) is 1. The normalized spacial score (nSPS) is 19.0. The lowest BCUT2D eigenvalue weighted by Gasteiger charge is -2.40. The van der Waals surface area contributed by atoms with Gasteiger partial charge in [-0.3, -0.25) is 0 Å². The van der Waals surface area contributed by atoms with Gasteiger partial charge in [-0.2, -0.15) is 0 Å². The SMILES string of the molecule is Cc1ccsc1NCC1(CO)COC1. The zero-order valence-corrected chi connectivity index (χ0v) is 9.06. The van der Waals surface area contributed by atoms with Gasteiger partial charge < -0.3 is 15.2 Å². The molecule has 3 nitrogen and oxygen atoms in total. The molecule has 0 aliphatic carbocycles. The van der Waals surface area contributed by atoms with Crippen molar-refractivity contribution < 1.29 is 9.84 Å². The number of aryl methyl sites for hydroxylation is 1. The summed E-state index contributed by atoms with van der Waals surface area (Å²) in [5.74, 6) is 0. The Morgan fingerprint density at radius 1 is 1.64 bits per heavy atom. The highest BCUT2D eigenvalue weighted by atomic mass is 32.1. The van der Waals surface area contributed by atoms with Gasteiger partial charge in [0.1, 0.15) is 0 Å². The molecule has 0 spiro atoms. The molecule has 14 heavy (non-hydrogen) atoms. The number of rotatable bonds is 4. The van der Waals surface area contributed by atoms with Crippen molar-refractivity contribution in [1.29, 1.82) is 0 Å². The molecular formula is C10H15NO2S. The topological polar surface area (TPSA) is 41.5 Å². The first-order valence-corrected chi connectivity index (χ1v) is 5.60. The predicted octanol–water partition coefficient (Wildman–Crippen LogP) is 1.48. The van der Waals surface area contributed by atoms with Crippen LogP contribution in [0.15, 0.2) is 11.4 Å². The van der Waals surface area contributed by atoms with Gasteiger partial charge in [0.05, 0.1) is 30.2 Å². The van der Waals surface area contributed by atoms with Crippen LogP contribution in [0.25, 0.3) is 0 Å². The van der Waals surface area contributed by atoms with Crippen LogP contribution in [-0.2, 0) is 4.74 Å². The predicted molar refractivity (Wildman–Crippen MR) is 57.9 cm³/mol. The Morgan fingerprint density at radius 3 is 2.86 bits per heavy atom.